The summed E-state index contributed by atoms with van der Waals surface area (Å²) in [5.41, 5.74) is 8.26. The Balaban J connectivity index is 1.62. The molecule has 0 saturated heterocycles. The number of ketones is 1. The van der Waals surface area contributed by atoms with Gasteiger partial charge in [0, 0.05) is 5.92 Å². The first kappa shape index (κ1) is 25.4. The van der Waals surface area contributed by atoms with Crippen LogP contribution in [-0.2, 0) is 4.79 Å². The van der Waals surface area contributed by atoms with Crippen molar-refractivity contribution in [3.63, 3.8) is 0 Å². The Bertz CT molecular complexity index is 756. The van der Waals surface area contributed by atoms with Crippen LogP contribution < -0.4 is 5.73 Å². The summed E-state index contributed by atoms with van der Waals surface area (Å²) in [7, 11) is 0. The van der Waals surface area contributed by atoms with Crippen molar-refractivity contribution >= 4 is 5.78 Å². The second kappa shape index (κ2) is 9.41. The Morgan fingerprint density at radius 3 is 2.52 bits per heavy atom. The van der Waals surface area contributed by atoms with Crippen molar-refractivity contribution in [2.75, 3.05) is 0 Å². The molecule has 4 aliphatic rings. The van der Waals surface area contributed by atoms with Crippen molar-refractivity contribution in [1.29, 1.82) is 0 Å². The van der Waals surface area contributed by atoms with Crippen molar-refractivity contribution in [3.8, 4) is 0 Å². The van der Waals surface area contributed by atoms with Gasteiger partial charge >= 0.3 is 0 Å². The van der Waals surface area contributed by atoms with Crippen molar-refractivity contribution < 1.29 is 9.90 Å². The Morgan fingerprint density at radius 2 is 1.85 bits per heavy atom. The molecule has 3 nitrogen and oxygen atoms in total. The predicted octanol–water partition coefficient (Wildman–Crippen LogP) is 6.53. The molecule has 0 aromatic rings. The normalized spacial score (nSPS) is 44.5. The highest BCUT2D eigenvalue weighted by Gasteiger charge is 2.62. The number of hydrogen-bond acceptors (Lipinski definition) is 3. The molecular weight excluding hydrogens is 406 g/mol. The summed E-state index contributed by atoms with van der Waals surface area (Å²) in [4.78, 5) is 13.5. The molecule has 0 aliphatic heterocycles. The van der Waals surface area contributed by atoms with E-state index < -0.39 is 0 Å². The highest BCUT2D eigenvalue weighted by molar-refractivity contribution is 5.86. The van der Waals surface area contributed by atoms with Crippen molar-refractivity contribution in [1.82, 2.24) is 0 Å². The molecule has 0 aromatic heterocycles. The first-order chi connectivity index (χ1) is 15.5. The lowest BCUT2D eigenvalue weighted by Crippen LogP contribution is -2.51. The van der Waals surface area contributed by atoms with E-state index in [1.165, 1.54) is 37.7 Å². The number of fused-ring (bicyclic) bond motifs is 5. The third kappa shape index (κ3) is 4.39. The highest BCUT2D eigenvalue weighted by Crippen LogP contribution is 2.68. The standard InChI is InChI=1S/C30H51NO2/c1-18(2)8-7-9-19(3)27-24(28(33)20(4)31)17-26-23-11-10-21-16-22(32)12-14-29(21,5)25(23)13-15-30(26,27)6/h10,18-20,22-27,32H,7-9,11-17,31H2,1-6H3/t19-,20+,22+,23-,24?,25+,26+,27+,29+,30+/m1/s1. The van der Waals surface area contributed by atoms with Gasteiger partial charge in [-0.3, -0.25) is 4.79 Å². The van der Waals surface area contributed by atoms with Gasteiger partial charge in [0.1, 0.15) is 0 Å². The maximum absolute atomic E-state index is 13.5. The summed E-state index contributed by atoms with van der Waals surface area (Å²) in [5.74, 6) is 4.29. The molecule has 0 heterocycles. The zero-order valence-electron chi connectivity index (χ0n) is 22.3. The van der Waals surface area contributed by atoms with E-state index in [4.69, 9.17) is 5.73 Å². The van der Waals surface area contributed by atoms with Gasteiger partial charge in [0.15, 0.2) is 5.78 Å². The lowest BCUT2D eigenvalue weighted by molar-refractivity contribution is -0.126. The fourth-order valence-corrected chi connectivity index (χ4v) is 9.43. The molecule has 3 saturated carbocycles. The number of carbonyl (C=O) groups is 1. The fourth-order valence-electron chi connectivity index (χ4n) is 9.43. The van der Waals surface area contributed by atoms with E-state index in [0.29, 0.717) is 35.4 Å². The van der Waals surface area contributed by atoms with Crippen molar-refractivity contribution in [3.05, 3.63) is 11.6 Å². The van der Waals surface area contributed by atoms with Crippen LogP contribution in [0.25, 0.3) is 0 Å². The average Bonchev–Trinajstić information content (AvgIpc) is 3.06. The molecule has 188 valence electrons. The molecular formula is C30H51NO2. The number of Topliss-reactive ketones (excluding diaryl/α,β-unsaturated/α-hetero) is 1. The molecule has 4 rings (SSSR count). The van der Waals surface area contributed by atoms with Gasteiger partial charge in [0.2, 0.25) is 0 Å². The summed E-state index contributed by atoms with van der Waals surface area (Å²) >= 11 is 0. The Morgan fingerprint density at radius 1 is 1.12 bits per heavy atom. The summed E-state index contributed by atoms with van der Waals surface area (Å²) in [6, 6.07) is -0.352. The second-order valence-electron chi connectivity index (χ2n) is 13.6. The van der Waals surface area contributed by atoms with E-state index in [9.17, 15) is 9.90 Å². The van der Waals surface area contributed by atoms with Crippen LogP contribution >= 0.6 is 0 Å². The van der Waals surface area contributed by atoms with Crippen LogP contribution in [-0.4, -0.2) is 23.0 Å². The van der Waals surface area contributed by atoms with Gasteiger partial charge in [-0.15, -0.1) is 0 Å². The monoisotopic (exact) mass is 457 g/mol. The molecule has 33 heavy (non-hydrogen) atoms. The number of allylic oxidation sites excluding steroid dienone is 1. The first-order valence-electron chi connectivity index (χ1n) is 14.2. The zero-order chi connectivity index (χ0) is 24.1. The quantitative estimate of drug-likeness (QED) is 0.427. The van der Waals surface area contributed by atoms with Gasteiger partial charge in [-0.1, -0.05) is 65.5 Å². The number of rotatable bonds is 7. The lowest BCUT2D eigenvalue weighted by atomic mass is 9.47. The minimum atomic E-state index is -0.352. The SMILES string of the molecule is CC(C)CCC[C@@H](C)[C@H]1C(C(=O)[C@H](C)N)C[C@H]2[C@@H]3CC=C4C[C@@H](O)CC[C@]4(C)[C@H]3CC[C@]12C. The van der Waals surface area contributed by atoms with Gasteiger partial charge in [0.05, 0.1) is 12.1 Å². The Labute approximate surface area is 203 Å². The number of aliphatic hydroxyl groups is 1. The van der Waals surface area contributed by atoms with Crippen LogP contribution in [0.2, 0.25) is 0 Å². The Kier molecular flexibility index (Phi) is 7.25. The number of hydrogen-bond donors (Lipinski definition) is 2. The fraction of sp³-hybridized carbons (Fsp3) is 0.900. The highest BCUT2D eigenvalue weighted by atomic mass is 16.3. The van der Waals surface area contributed by atoms with E-state index in [1.54, 1.807) is 0 Å². The van der Waals surface area contributed by atoms with Gasteiger partial charge < -0.3 is 10.8 Å². The molecule has 3 fully saturated rings. The second-order valence-corrected chi connectivity index (χ2v) is 13.6. The molecule has 0 aromatic carbocycles. The zero-order valence-corrected chi connectivity index (χ0v) is 22.3. The minimum Gasteiger partial charge on any atom is -0.393 e. The average molecular weight is 458 g/mol. The molecule has 0 radical (unpaired) electrons. The molecule has 3 N–H and O–H groups in total. The smallest absolute Gasteiger partial charge is 0.152 e. The van der Waals surface area contributed by atoms with Crippen LogP contribution in [0.1, 0.15) is 106 Å². The molecule has 0 amide bonds. The molecule has 3 heteroatoms. The van der Waals surface area contributed by atoms with E-state index in [-0.39, 0.29) is 28.9 Å². The number of aliphatic hydroxyl groups excluding tert-OH is 1. The molecule has 1 unspecified atom stereocenters. The predicted molar refractivity (Wildman–Crippen MR) is 137 cm³/mol. The third-order valence-electron chi connectivity index (χ3n) is 11.1. The van der Waals surface area contributed by atoms with Gasteiger partial charge in [-0.2, -0.15) is 0 Å². The van der Waals surface area contributed by atoms with Crippen LogP contribution in [0.4, 0.5) is 0 Å². The van der Waals surface area contributed by atoms with E-state index in [0.717, 1.165) is 38.0 Å². The topological polar surface area (TPSA) is 63.3 Å². The van der Waals surface area contributed by atoms with Gasteiger partial charge in [0.25, 0.3) is 0 Å². The van der Waals surface area contributed by atoms with Crippen molar-refractivity contribution in [2.45, 2.75) is 118 Å². The lowest BCUT2D eigenvalue weighted by Gasteiger charge is -2.58. The summed E-state index contributed by atoms with van der Waals surface area (Å²) < 4.78 is 0. The maximum Gasteiger partial charge on any atom is 0.152 e. The summed E-state index contributed by atoms with van der Waals surface area (Å²) in [5, 5.41) is 10.3. The summed E-state index contributed by atoms with van der Waals surface area (Å²) in [6.45, 7) is 14.0. The first-order valence-corrected chi connectivity index (χ1v) is 14.2. The molecule has 10 atom stereocenters. The van der Waals surface area contributed by atoms with Crippen LogP contribution in [0.5, 0.6) is 0 Å². The molecule has 4 aliphatic carbocycles. The maximum atomic E-state index is 13.5. The molecule has 0 bridgehead atoms. The van der Waals surface area contributed by atoms with Crippen LogP contribution in [0.15, 0.2) is 11.6 Å². The molecule has 0 spiro atoms. The van der Waals surface area contributed by atoms with Gasteiger partial charge in [-0.05, 0) is 98.2 Å². The van der Waals surface area contributed by atoms with E-state index in [1.807, 2.05) is 6.92 Å². The number of nitrogens with two attached hydrogens (primary N) is 1. The van der Waals surface area contributed by atoms with E-state index in [2.05, 4.69) is 40.7 Å². The Hall–Kier alpha value is -0.670. The van der Waals surface area contributed by atoms with Crippen LogP contribution in [0.3, 0.4) is 0 Å². The third-order valence-corrected chi connectivity index (χ3v) is 11.1. The van der Waals surface area contributed by atoms with Crippen molar-refractivity contribution in [2.24, 2.45) is 58.0 Å². The van der Waals surface area contributed by atoms with Gasteiger partial charge in [-0.25, -0.2) is 0 Å². The largest absolute Gasteiger partial charge is 0.393 e. The van der Waals surface area contributed by atoms with E-state index >= 15 is 0 Å². The van der Waals surface area contributed by atoms with Crippen LogP contribution in [0, 0.1) is 52.3 Å². The minimum absolute atomic E-state index is 0.138. The summed E-state index contributed by atoms with van der Waals surface area (Å²) in [6.07, 6.45) is 13.9. The number of carbonyl (C=O) groups excluding carboxylic acids is 1.